The van der Waals surface area contributed by atoms with Gasteiger partial charge in [-0.15, -0.1) is 0 Å². The highest BCUT2D eigenvalue weighted by Gasteiger charge is 2.19. The Morgan fingerprint density at radius 2 is 1.89 bits per heavy atom. The highest BCUT2D eigenvalue weighted by atomic mass is 16.5. The van der Waals surface area contributed by atoms with Crippen molar-refractivity contribution in [1.29, 1.82) is 0 Å². The summed E-state index contributed by atoms with van der Waals surface area (Å²) >= 11 is 0. The van der Waals surface area contributed by atoms with E-state index < -0.39 is 0 Å². The molecule has 0 saturated carbocycles. The van der Waals surface area contributed by atoms with E-state index in [9.17, 15) is 0 Å². The topological polar surface area (TPSA) is 77.8 Å². The Kier molecular flexibility index (Phi) is 2.72. The third-order valence-corrected chi connectivity index (χ3v) is 2.80. The van der Waals surface area contributed by atoms with Crippen molar-refractivity contribution in [3.8, 4) is 22.6 Å². The molecule has 3 aromatic rings. The number of hydrogen-bond acceptors (Lipinski definition) is 5. The Balaban J connectivity index is 2.20. The predicted molar refractivity (Wildman–Crippen MR) is 72.1 cm³/mol. The van der Waals surface area contributed by atoms with Crippen LogP contribution < -0.4 is 5.73 Å². The van der Waals surface area contributed by atoms with Crippen molar-refractivity contribution in [2.75, 3.05) is 5.73 Å². The molecule has 94 valence electrons. The number of aromatic nitrogens is 3. The lowest BCUT2D eigenvalue weighted by Gasteiger charge is -2.02. The van der Waals surface area contributed by atoms with Crippen molar-refractivity contribution in [3.05, 3.63) is 48.3 Å². The fourth-order valence-electron chi connectivity index (χ4n) is 1.96. The van der Waals surface area contributed by atoms with Gasteiger partial charge < -0.3 is 10.3 Å². The first kappa shape index (κ1) is 11.4. The van der Waals surface area contributed by atoms with Crippen LogP contribution in [0.1, 0.15) is 5.56 Å². The van der Waals surface area contributed by atoms with Gasteiger partial charge in [0.2, 0.25) is 5.88 Å². The molecule has 0 aliphatic carbocycles. The van der Waals surface area contributed by atoms with Gasteiger partial charge in [-0.3, -0.25) is 0 Å². The molecule has 0 spiro atoms. The normalized spacial score (nSPS) is 10.6. The van der Waals surface area contributed by atoms with Crippen molar-refractivity contribution in [2.45, 2.75) is 6.92 Å². The highest BCUT2D eigenvalue weighted by molar-refractivity contribution is 5.84. The van der Waals surface area contributed by atoms with Crippen molar-refractivity contribution >= 4 is 5.88 Å². The van der Waals surface area contributed by atoms with Gasteiger partial charge >= 0.3 is 0 Å². The monoisotopic (exact) mass is 252 g/mol. The molecular weight excluding hydrogens is 240 g/mol. The minimum atomic E-state index is 0.271. The average molecular weight is 252 g/mol. The van der Waals surface area contributed by atoms with E-state index in [2.05, 4.69) is 15.1 Å². The molecule has 19 heavy (non-hydrogen) atoms. The van der Waals surface area contributed by atoms with Crippen LogP contribution in [-0.2, 0) is 0 Å². The molecular formula is C14H12N4O. The number of hydrogen-bond donors (Lipinski definition) is 1. The highest BCUT2D eigenvalue weighted by Crippen LogP contribution is 2.34. The Morgan fingerprint density at radius 1 is 1.11 bits per heavy atom. The third-order valence-electron chi connectivity index (χ3n) is 2.80. The predicted octanol–water partition coefficient (Wildman–Crippen LogP) is 2.69. The molecule has 0 fully saturated rings. The van der Waals surface area contributed by atoms with E-state index in [1.54, 1.807) is 18.5 Å². The van der Waals surface area contributed by atoms with Crippen LogP contribution in [0.25, 0.3) is 22.6 Å². The lowest BCUT2D eigenvalue weighted by atomic mass is 10.0. The number of benzene rings is 1. The van der Waals surface area contributed by atoms with Crippen LogP contribution in [0.5, 0.6) is 0 Å². The van der Waals surface area contributed by atoms with Crippen LogP contribution in [0.4, 0.5) is 5.88 Å². The minimum Gasteiger partial charge on any atom is -0.367 e. The maximum Gasteiger partial charge on any atom is 0.230 e. The zero-order valence-corrected chi connectivity index (χ0v) is 10.4. The second kappa shape index (κ2) is 4.53. The number of nitrogens with two attached hydrogens (primary N) is 1. The van der Waals surface area contributed by atoms with E-state index in [0.29, 0.717) is 11.5 Å². The van der Waals surface area contributed by atoms with Crippen molar-refractivity contribution in [2.24, 2.45) is 0 Å². The summed E-state index contributed by atoms with van der Waals surface area (Å²) in [6.07, 6.45) is 3.32. The lowest BCUT2D eigenvalue weighted by Crippen LogP contribution is -1.91. The summed E-state index contributed by atoms with van der Waals surface area (Å²) in [5, 5.41) is 3.97. The van der Waals surface area contributed by atoms with Gasteiger partial charge in [-0.2, -0.15) is 0 Å². The molecule has 2 heterocycles. The second-order valence-corrected chi connectivity index (χ2v) is 4.21. The molecule has 0 atom stereocenters. The lowest BCUT2D eigenvalue weighted by molar-refractivity contribution is 0.439. The SMILES string of the molecule is Cc1cccc(-c2c(-c3ncccn3)noc2N)c1. The molecule has 0 unspecified atom stereocenters. The van der Waals surface area contributed by atoms with Gasteiger partial charge in [0.15, 0.2) is 11.5 Å². The first-order chi connectivity index (χ1) is 9.25. The molecule has 2 N–H and O–H groups in total. The summed E-state index contributed by atoms with van der Waals surface area (Å²) in [6, 6.07) is 9.72. The summed E-state index contributed by atoms with van der Waals surface area (Å²) < 4.78 is 5.09. The number of anilines is 1. The fraction of sp³-hybridized carbons (Fsp3) is 0.0714. The Morgan fingerprint density at radius 3 is 2.63 bits per heavy atom. The fourth-order valence-corrected chi connectivity index (χ4v) is 1.96. The number of nitrogens with zero attached hydrogens (tertiary/aromatic N) is 3. The quantitative estimate of drug-likeness (QED) is 0.758. The molecule has 0 aliphatic heterocycles. The van der Waals surface area contributed by atoms with Crippen LogP contribution in [-0.4, -0.2) is 15.1 Å². The summed E-state index contributed by atoms with van der Waals surface area (Å²) in [4.78, 5) is 8.36. The van der Waals surface area contributed by atoms with Gasteiger partial charge in [0.1, 0.15) is 0 Å². The first-order valence-corrected chi connectivity index (χ1v) is 5.85. The van der Waals surface area contributed by atoms with Gasteiger partial charge in [-0.05, 0) is 18.6 Å². The summed E-state index contributed by atoms with van der Waals surface area (Å²) in [5.74, 6) is 0.771. The van der Waals surface area contributed by atoms with E-state index in [0.717, 1.165) is 16.7 Å². The van der Waals surface area contributed by atoms with E-state index in [4.69, 9.17) is 10.3 Å². The Hall–Kier alpha value is -2.69. The Labute approximate surface area is 110 Å². The molecule has 3 rings (SSSR count). The second-order valence-electron chi connectivity index (χ2n) is 4.21. The molecule has 5 nitrogen and oxygen atoms in total. The Bertz CT molecular complexity index is 706. The third kappa shape index (κ3) is 2.06. The van der Waals surface area contributed by atoms with Crippen LogP contribution in [0.2, 0.25) is 0 Å². The molecule has 0 radical (unpaired) electrons. The maximum absolute atomic E-state index is 5.88. The van der Waals surface area contributed by atoms with E-state index in [-0.39, 0.29) is 5.88 Å². The number of nitrogen functional groups attached to an aromatic ring is 1. The van der Waals surface area contributed by atoms with E-state index >= 15 is 0 Å². The standard InChI is InChI=1S/C14H12N4O/c1-9-4-2-5-10(8-9)11-12(18-19-13(11)15)14-16-6-3-7-17-14/h2-8H,15H2,1H3. The van der Waals surface area contributed by atoms with Gasteiger partial charge in [0, 0.05) is 12.4 Å². The van der Waals surface area contributed by atoms with Crippen molar-refractivity contribution in [3.63, 3.8) is 0 Å². The molecule has 5 heteroatoms. The molecule has 2 aromatic heterocycles. The largest absolute Gasteiger partial charge is 0.367 e. The van der Waals surface area contributed by atoms with Crippen LogP contribution >= 0.6 is 0 Å². The summed E-state index contributed by atoms with van der Waals surface area (Å²) in [7, 11) is 0. The van der Waals surface area contributed by atoms with Crippen LogP contribution in [0, 0.1) is 6.92 Å². The minimum absolute atomic E-state index is 0.271. The molecule has 0 aliphatic rings. The van der Waals surface area contributed by atoms with Gasteiger partial charge in [-0.25, -0.2) is 9.97 Å². The van der Waals surface area contributed by atoms with E-state index in [1.165, 1.54) is 0 Å². The zero-order chi connectivity index (χ0) is 13.2. The zero-order valence-electron chi connectivity index (χ0n) is 10.4. The first-order valence-electron chi connectivity index (χ1n) is 5.85. The smallest absolute Gasteiger partial charge is 0.230 e. The molecule has 1 aromatic carbocycles. The maximum atomic E-state index is 5.88. The average Bonchev–Trinajstić information content (AvgIpc) is 2.82. The molecule has 0 amide bonds. The van der Waals surface area contributed by atoms with Gasteiger partial charge in [0.05, 0.1) is 5.56 Å². The summed E-state index contributed by atoms with van der Waals surface area (Å²) in [5.41, 5.74) is 9.25. The van der Waals surface area contributed by atoms with Crippen molar-refractivity contribution in [1.82, 2.24) is 15.1 Å². The number of rotatable bonds is 2. The summed E-state index contributed by atoms with van der Waals surface area (Å²) in [6.45, 7) is 2.02. The van der Waals surface area contributed by atoms with Gasteiger partial charge in [0.25, 0.3) is 0 Å². The number of aryl methyl sites for hydroxylation is 1. The van der Waals surface area contributed by atoms with Crippen LogP contribution in [0.3, 0.4) is 0 Å². The van der Waals surface area contributed by atoms with Gasteiger partial charge in [-0.1, -0.05) is 35.0 Å². The van der Waals surface area contributed by atoms with E-state index in [1.807, 2.05) is 31.2 Å². The molecule has 0 bridgehead atoms. The molecule has 0 saturated heterocycles. The van der Waals surface area contributed by atoms with Crippen LogP contribution in [0.15, 0.2) is 47.2 Å². The van der Waals surface area contributed by atoms with Crippen molar-refractivity contribution < 1.29 is 4.52 Å².